The lowest BCUT2D eigenvalue weighted by Gasteiger charge is -2.04. The highest BCUT2D eigenvalue weighted by Gasteiger charge is 2.15. The van der Waals surface area contributed by atoms with Gasteiger partial charge in [0.15, 0.2) is 0 Å². The van der Waals surface area contributed by atoms with Gasteiger partial charge in [0.1, 0.15) is 4.21 Å². The minimum Gasteiger partial charge on any atom is -0.398 e. The predicted molar refractivity (Wildman–Crippen MR) is 74.2 cm³/mol. The van der Waals surface area contributed by atoms with Gasteiger partial charge in [0.05, 0.1) is 0 Å². The standard InChI is InChI=1S/C11H11ClN2O2S2/c12-9-3-1-8(2-4-9)6-14-18(15,16)11-5-10(13)7-17-11/h1-5,7,14H,6,13H2. The Morgan fingerprint density at radius 3 is 2.50 bits per heavy atom. The van der Waals surface area contributed by atoms with E-state index in [9.17, 15) is 8.42 Å². The van der Waals surface area contributed by atoms with E-state index in [0.29, 0.717) is 10.7 Å². The molecule has 4 nitrogen and oxygen atoms in total. The average Bonchev–Trinajstić information content (AvgIpc) is 2.76. The number of halogens is 1. The van der Waals surface area contributed by atoms with Crippen LogP contribution in [0.3, 0.4) is 0 Å². The number of sulfonamides is 1. The number of nitrogens with two attached hydrogens (primary N) is 1. The first-order valence-corrected chi connectivity index (χ1v) is 7.79. The number of nitrogen functional groups attached to an aromatic ring is 1. The van der Waals surface area contributed by atoms with Crippen LogP contribution in [0, 0.1) is 0 Å². The van der Waals surface area contributed by atoms with Crippen molar-refractivity contribution in [3.63, 3.8) is 0 Å². The summed E-state index contributed by atoms with van der Waals surface area (Å²) in [7, 11) is -3.49. The Balaban J connectivity index is 2.08. The number of benzene rings is 1. The summed E-state index contributed by atoms with van der Waals surface area (Å²) < 4.78 is 26.5. The molecule has 1 aromatic carbocycles. The van der Waals surface area contributed by atoms with Gasteiger partial charge >= 0.3 is 0 Å². The molecular weight excluding hydrogens is 292 g/mol. The minimum absolute atomic E-state index is 0.217. The monoisotopic (exact) mass is 302 g/mol. The smallest absolute Gasteiger partial charge is 0.250 e. The lowest BCUT2D eigenvalue weighted by Crippen LogP contribution is -2.22. The molecule has 0 radical (unpaired) electrons. The Kier molecular flexibility index (Phi) is 3.91. The fourth-order valence-corrected chi connectivity index (χ4v) is 3.59. The van der Waals surface area contributed by atoms with E-state index >= 15 is 0 Å². The molecule has 0 aliphatic heterocycles. The van der Waals surface area contributed by atoms with Gasteiger partial charge in [-0.2, -0.15) is 0 Å². The summed E-state index contributed by atoms with van der Waals surface area (Å²) in [5, 5.41) is 2.21. The topological polar surface area (TPSA) is 72.2 Å². The first kappa shape index (κ1) is 13.4. The maximum absolute atomic E-state index is 11.9. The predicted octanol–water partition coefficient (Wildman–Crippen LogP) is 2.46. The van der Waals surface area contributed by atoms with Gasteiger partial charge in [-0.15, -0.1) is 11.3 Å². The van der Waals surface area contributed by atoms with Crippen molar-refractivity contribution in [1.82, 2.24) is 4.72 Å². The molecule has 96 valence electrons. The molecule has 1 heterocycles. The van der Waals surface area contributed by atoms with Crippen LogP contribution in [0.5, 0.6) is 0 Å². The number of hydrogen-bond acceptors (Lipinski definition) is 4. The summed E-state index contributed by atoms with van der Waals surface area (Å²) in [5.41, 5.74) is 6.79. The quantitative estimate of drug-likeness (QED) is 0.911. The lowest BCUT2D eigenvalue weighted by molar-refractivity contribution is 0.583. The van der Waals surface area contributed by atoms with Crippen molar-refractivity contribution in [2.24, 2.45) is 0 Å². The first-order chi connectivity index (χ1) is 8.47. The molecule has 0 aliphatic rings. The second kappa shape index (κ2) is 5.27. The number of thiophene rings is 1. The summed E-state index contributed by atoms with van der Waals surface area (Å²) in [6.07, 6.45) is 0. The molecule has 3 N–H and O–H groups in total. The first-order valence-electron chi connectivity index (χ1n) is 5.05. The van der Waals surface area contributed by atoms with Gasteiger partial charge in [-0.3, -0.25) is 0 Å². The molecule has 0 amide bonds. The van der Waals surface area contributed by atoms with Crippen molar-refractivity contribution in [3.05, 3.63) is 46.3 Å². The average molecular weight is 303 g/mol. The van der Waals surface area contributed by atoms with Crippen molar-refractivity contribution in [1.29, 1.82) is 0 Å². The van der Waals surface area contributed by atoms with Crippen LogP contribution in [0.2, 0.25) is 5.02 Å². The van der Waals surface area contributed by atoms with Gasteiger partial charge < -0.3 is 5.73 Å². The van der Waals surface area contributed by atoms with Crippen LogP contribution in [0.1, 0.15) is 5.56 Å². The number of hydrogen-bond donors (Lipinski definition) is 2. The van der Waals surface area contributed by atoms with Gasteiger partial charge in [-0.25, -0.2) is 13.1 Å². The molecule has 18 heavy (non-hydrogen) atoms. The van der Waals surface area contributed by atoms with Gasteiger partial charge in [0.25, 0.3) is 0 Å². The molecule has 2 aromatic rings. The molecule has 2 rings (SSSR count). The summed E-state index contributed by atoms with van der Waals surface area (Å²) in [4.78, 5) is 0. The zero-order chi connectivity index (χ0) is 13.2. The maximum atomic E-state index is 11.9. The zero-order valence-electron chi connectivity index (χ0n) is 9.26. The van der Waals surface area contributed by atoms with Crippen LogP contribution in [0.15, 0.2) is 39.9 Å². The van der Waals surface area contributed by atoms with E-state index < -0.39 is 10.0 Å². The third-order valence-electron chi connectivity index (χ3n) is 2.24. The van der Waals surface area contributed by atoms with E-state index in [1.165, 1.54) is 6.07 Å². The van der Waals surface area contributed by atoms with Crippen LogP contribution in [0.4, 0.5) is 5.69 Å². The highest BCUT2D eigenvalue weighted by Crippen LogP contribution is 2.21. The Labute approximate surface area is 114 Å². The second-order valence-electron chi connectivity index (χ2n) is 3.65. The molecule has 0 fully saturated rings. The molecule has 1 aromatic heterocycles. The van der Waals surface area contributed by atoms with Gasteiger partial charge in [0.2, 0.25) is 10.0 Å². The summed E-state index contributed by atoms with van der Waals surface area (Å²) in [6.45, 7) is 0.220. The highest BCUT2D eigenvalue weighted by atomic mass is 35.5. The molecule has 0 saturated heterocycles. The molecule has 0 spiro atoms. The maximum Gasteiger partial charge on any atom is 0.250 e. The normalized spacial score (nSPS) is 11.6. The summed E-state index contributed by atoms with van der Waals surface area (Å²) in [6, 6.07) is 8.42. The Morgan fingerprint density at radius 1 is 1.28 bits per heavy atom. The van der Waals surface area contributed by atoms with E-state index in [0.717, 1.165) is 16.9 Å². The van der Waals surface area contributed by atoms with Crippen LogP contribution in [0.25, 0.3) is 0 Å². The fourth-order valence-electron chi connectivity index (χ4n) is 1.32. The van der Waals surface area contributed by atoms with E-state index in [1.807, 2.05) is 0 Å². The number of anilines is 1. The number of nitrogens with one attached hydrogen (secondary N) is 1. The second-order valence-corrected chi connectivity index (χ2v) is 6.99. The summed E-state index contributed by atoms with van der Waals surface area (Å²) in [5.74, 6) is 0. The van der Waals surface area contributed by atoms with Gasteiger partial charge in [-0.1, -0.05) is 23.7 Å². The molecule has 7 heteroatoms. The minimum atomic E-state index is -3.49. The van der Waals surface area contributed by atoms with Crippen molar-refractivity contribution in [2.45, 2.75) is 10.8 Å². The molecular formula is C11H11ClN2O2S2. The van der Waals surface area contributed by atoms with Gasteiger partial charge in [0, 0.05) is 22.6 Å². The number of rotatable bonds is 4. The van der Waals surface area contributed by atoms with Crippen molar-refractivity contribution >= 4 is 38.6 Å². The molecule has 0 bridgehead atoms. The SMILES string of the molecule is Nc1csc(S(=O)(=O)NCc2ccc(Cl)cc2)c1. The molecule has 0 saturated carbocycles. The van der Waals surface area contributed by atoms with E-state index in [2.05, 4.69) is 4.72 Å². The van der Waals surface area contributed by atoms with Crippen LogP contribution in [-0.4, -0.2) is 8.42 Å². The Morgan fingerprint density at radius 2 is 1.94 bits per heavy atom. The van der Waals surface area contributed by atoms with Crippen molar-refractivity contribution in [3.8, 4) is 0 Å². The third kappa shape index (κ3) is 3.23. The third-order valence-corrected chi connectivity index (χ3v) is 5.35. The van der Waals surface area contributed by atoms with Crippen molar-refractivity contribution in [2.75, 3.05) is 5.73 Å². The van der Waals surface area contributed by atoms with E-state index in [-0.39, 0.29) is 10.8 Å². The Bertz CT molecular complexity index is 635. The molecule has 0 atom stereocenters. The Hall–Kier alpha value is -1.08. The van der Waals surface area contributed by atoms with Crippen LogP contribution in [-0.2, 0) is 16.6 Å². The molecule has 0 unspecified atom stereocenters. The largest absolute Gasteiger partial charge is 0.398 e. The van der Waals surface area contributed by atoms with E-state index in [4.69, 9.17) is 17.3 Å². The highest BCUT2D eigenvalue weighted by molar-refractivity contribution is 7.91. The van der Waals surface area contributed by atoms with Crippen molar-refractivity contribution < 1.29 is 8.42 Å². The summed E-state index contributed by atoms with van der Waals surface area (Å²) >= 11 is 6.85. The van der Waals surface area contributed by atoms with E-state index in [1.54, 1.807) is 29.6 Å². The lowest BCUT2D eigenvalue weighted by atomic mass is 10.2. The van der Waals surface area contributed by atoms with Crippen LogP contribution < -0.4 is 10.5 Å². The zero-order valence-corrected chi connectivity index (χ0v) is 11.6. The van der Waals surface area contributed by atoms with Crippen LogP contribution >= 0.6 is 22.9 Å². The van der Waals surface area contributed by atoms with Gasteiger partial charge in [-0.05, 0) is 23.8 Å². The fraction of sp³-hybridized carbons (Fsp3) is 0.0909. The molecule has 0 aliphatic carbocycles.